The number of anilines is 1. The highest BCUT2D eigenvalue weighted by molar-refractivity contribution is 7.84. The van der Waals surface area contributed by atoms with E-state index in [0.29, 0.717) is 11.3 Å². The Morgan fingerprint density at radius 2 is 2.11 bits per heavy atom. The van der Waals surface area contributed by atoms with Crippen molar-refractivity contribution in [2.45, 2.75) is 26.8 Å². The summed E-state index contributed by atoms with van der Waals surface area (Å²) >= 11 is 0. The van der Waals surface area contributed by atoms with Crippen LogP contribution in [0.2, 0.25) is 0 Å². The van der Waals surface area contributed by atoms with Crippen LogP contribution in [-0.2, 0) is 10.8 Å². The standard InChI is InChI=1S/C14H22N2O2S/c1-5-15-13-7-6-10(2)8-12(13)14(17)16-11(3)9-19(4)18/h6-8,11,15H,5,9H2,1-4H3,(H,16,17). The van der Waals surface area contributed by atoms with Crippen LogP contribution in [0, 0.1) is 6.92 Å². The van der Waals surface area contributed by atoms with Gasteiger partial charge in [-0.2, -0.15) is 0 Å². The average molecular weight is 282 g/mol. The predicted molar refractivity (Wildman–Crippen MR) is 81.2 cm³/mol. The minimum Gasteiger partial charge on any atom is -0.385 e. The van der Waals surface area contributed by atoms with Crippen molar-refractivity contribution >= 4 is 22.4 Å². The van der Waals surface area contributed by atoms with E-state index < -0.39 is 10.8 Å². The zero-order valence-corrected chi connectivity index (χ0v) is 12.8. The Bertz CT molecular complexity index is 475. The Morgan fingerprint density at radius 1 is 1.42 bits per heavy atom. The molecule has 1 rings (SSSR count). The van der Waals surface area contributed by atoms with Crippen molar-refractivity contribution in [2.75, 3.05) is 23.9 Å². The van der Waals surface area contributed by atoms with Gasteiger partial charge in [0.1, 0.15) is 0 Å². The number of hydrogen-bond acceptors (Lipinski definition) is 3. The van der Waals surface area contributed by atoms with Crippen molar-refractivity contribution in [3.63, 3.8) is 0 Å². The lowest BCUT2D eigenvalue weighted by Crippen LogP contribution is -2.36. The summed E-state index contributed by atoms with van der Waals surface area (Å²) < 4.78 is 11.1. The molecule has 1 amide bonds. The number of hydrogen-bond donors (Lipinski definition) is 2. The third-order valence-corrected chi connectivity index (χ3v) is 3.62. The monoisotopic (exact) mass is 282 g/mol. The van der Waals surface area contributed by atoms with E-state index in [-0.39, 0.29) is 11.9 Å². The lowest BCUT2D eigenvalue weighted by atomic mass is 10.1. The average Bonchev–Trinajstić information content (AvgIpc) is 2.30. The van der Waals surface area contributed by atoms with Crippen LogP contribution in [0.3, 0.4) is 0 Å². The van der Waals surface area contributed by atoms with Crippen molar-refractivity contribution in [3.8, 4) is 0 Å². The summed E-state index contributed by atoms with van der Waals surface area (Å²) in [6, 6.07) is 5.65. The predicted octanol–water partition coefficient (Wildman–Crippen LogP) is 1.92. The Balaban J connectivity index is 2.85. The number of amides is 1. The van der Waals surface area contributed by atoms with E-state index in [1.54, 1.807) is 6.26 Å². The van der Waals surface area contributed by atoms with Crippen molar-refractivity contribution in [3.05, 3.63) is 29.3 Å². The molecule has 0 aliphatic carbocycles. The first-order valence-corrected chi connectivity index (χ1v) is 8.12. The fraction of sp³-hybridized carbons (Fsp3) is 0.500. The second-order valence-electron chi connectivity index (χ2n) is 4.69. The Labute approximate surface area is 117 Å². The van der Waals surface area contributed by atoms with Crippen LogP contribution < -0.4 is 10.6 Å². The van der Waals surface area contributed by atoms with Crippen molar-refractivity contribution in [1.82, 2.24) is 5.32 Å². The Hall–Kier alpha value is -1.36. The quantitative estimate of drug-likeness (QED) is 0.838. The van der Waals surface area contributed by atoms with Gasteiger partial charge in [0.25, 0.3) is 5.91 Å². The molecule has 2 unspecified atom stereocenters. The molecule has 0 bridgehead atoms. The van der Waals surface area contributed by atoms with Gasteiger partial charge in [-0.05, 0) is 32.9 Å². The molecule has 0 spiro atoms. The van der Waals surface area contributed by atoms with Gasteiger partial charge >= 0.3 is 0 Å². The molecule has 0 aromatic heterocycles. The molecule has 4 nitrogen and oxygen atoms in total. The molecule has 2 N–H and O–H groups in total. The highest BCUT2D eigenvalue weighted by Gasteiger charge is 2.14. The maximum absolute atomic E-state index is 12.2. The number of nitrogens with one attached hydrogen (secondary N) is 2. The van der Waals surface area contributed by atoms with E-state index >= 15 is 0 Å². The molecule has 0 aliphatic heterocycles. The van der Waals surface area contributed by atoms with Crippen LogP contribution in [0.1, 0.15) is 29.8 Å². The second-order valence-corrected chi connectivity index (χ2v) is 6.17. The summed E-state index contributed by atoms with van der Waals surface area (Å²) in [4.78, 5) is 12.2. The van der Waals surface area contributed by atoms with Crippen LogP contribution in [0.25, 0.3) is 0 Å². The molecule has 2 atom stereocenters. The van der Waals surface area contributed by atoms with E-state index in [4.69, 9.17) is 0 Å². The Morgan fingerprint density at radius 3 is 2.68 bits per heavy atom. The van der Waals surface area contributed by atoms with Gasteiger partial charge in [-0.1, -0.05) is 11.6 Å². The van der Waals surface area contributed by atoms with Crippen molar-refractivity contribution < 1.29 is 9.00 Å². The van der Waals surface area contributed by atoms with Gasteiger partial charge in [0.05, 0.1) is 5.56 Å². The maximum Gasteiger partial charge on any atom is 0.253 e. The van der Waals surface area contributed by atoms with E-state index in [0.717, 1.165) is 17.8 Å². The number of carbonyl (C=O) groups is 1. The summed E-state index contributed by atoms with van der Waals surface area (Å²) in [5.74, 6) is 0.339. The van der Waals surface area contributed by atoms with Gasteiger partial charge in [0, 0.05) is 41.1 Å². The highest BCUT2D eigenvalue weighted by atomic mass is 32.2. The molecular formula is C14H22N2O2S. The highest BCUT2D eigenvalue weighted by Crippen LogP contribution is 2.17. The molecule has 1 aromatic rings. The minimum atomic E-state index is -0.912. The van der Waals surface area contributed by atoms with Crippen LogP contribution in [-0.4, -0.2) is 34.7 Å². The minimum absolute atomic E-state index is 0.103. The van der Waals surface area contributed by atoms with E-state index in [9.17, 15) is 9.00 Å². The number of carbonyl (C=O) groups excluding carboxylic acids is 1. The van der Waals surface area contributed by atoms with E-state index in [1.807, 2.05) is 39.0 Å². The van der Waals surface area contributed by atoms with Crippen molar-refractivity contribution in [2.24, 2.45) is 0 Å². The molecule has 0 radical (unpaired) electrons. The van der Waals surface area contributed by atoms with Gasteiger partial charge in [0.2, 0.25) is 0 Å². The summed E-state index contributed by atoms with van der Waals surface area (Å²) in [6.07, 6.45) is 1.64. The summed E-state index contributed by atoms with van der Waals surface area (Å²) in [5, 5.41) is 6.06. The van der Waals surface area contributed by atoms with Gasteiger partial charge in [-0.15, -0.1) is 0 Å². The third-order valence-electron chi connectivity index (χ3n) is 2.65. The first-order chi connectivity index (χ1) is 8.93. The second kappa shape index (κ2) is 7.28. The third kappa shape index (κ3) is 5.03. The van der Waals surface area contributed by atoms with Crippen LogP contribution in [0.5, 0.6) is 0 Å². The molecule has 0 heterocycles. The normalized spacial score (nSPS) is 13.7. The molecule has 0 aliphatic rings. The van der Waals surface area contributed by atoms with Gasteiger partial charge < -0.3 is 10.6 Å². The zero-order valence-electron chi connectivity index (χ0n) is 11.9. The first-order valence-electron chi connectivity index (χ1n) is 6.39. The first kappa shape index (κ1) is 15.7. The molecule has 5 heteroatoms. The lowest BCUT2D eigenvalue weighted by Gasteiger charge is -2.15. The summed E-state index contributed by atoms with van der Waals surface area (Å²) in [6.45, 7) is 6.57. The van der Waals surface area contributed by atoms with Gasteiger partial charge in [-0.3, -0.25) is 9.00 Å². The van der Waals surface area contributed by atoms with Crippen LogP contribution in [0.15, 0.2) is 18.2 Å². The smallest absolute Gasteiger partial charge is 0.253 e. The molecule has 19 heavy (non-hydrogen) atoms. The summed E-state index contributed by atoms with van der Waals surface area (Å²) in [7, 11) is -0.912. The Kier molecular flexibility index (Phi) is 6.02. The SMILES string of the molecule is CCNc1ccc(C)cc1C(=O)NC(C)CS(C)=O. The topological polar surface area (TPSA) is 58.2 Å². The van der Waals surface area contributed by atoms with Gasteiger partial charge in [0.15, 0.2) is 0 Å². The lowest BCUT2D eigenvalue weighted by molar-refractivity contribution is 0.0944. The molecule has 1 aromatic carbocycles. The fourth-order valence-electron chi connectivity index (χ4n) is 1.89. The van der Waals surface area contributed by atoms with E-state index in [2.05, 4.69) is 10.6 Å². The number of aryl methyl sites for hydroxylation is 1. The maximum atomic E-state index is 12.2. The largest absolute Gasteiger partial charge is 0.385 e. The number of rotatable bonds is 6. The number of benzene rings is 1. The summed E-state index contributed by atoms with van der Waals surface area (Å²) in [5.41, 5.74) is 2.50. The van der Waals surface area contributed by atoms with Crippen molar-refractivity contribution in [1.29, 1.82) is 0 Å². The molecule has 0 saturated carbocycles. The van der Waals surface area contributed by atoms with Crippen LogP contribution >= 0.6 is 0 Å². The zero-order chi connectivity index (χ0) is 14.4. The van der Waals surface area contributed by atoms with Crippen LogP contribution in [0.4, 0.5) is 5.69 Å². The molecular weight excluding hydrogens is 260 g/mol. The molecule has 0 saturated heterocycles. The molecule has 106 valence electrons. The molecule has 0 fully saturated rings. The fourth-order valence-corrected chi connectivity index (χ4v) is 2.67. The van der Waals surface area contributed by atoms with Gasteiger partial charge in [-0.25, -0.2) is 0 Å². The van der Waals surface area contributed by atoms with E-state index in [1.165, 1.54) is 0 Å².